The third-order valence-electron chi connectivity index (χ3n) is 1.51. The van der Waals surface area contributed by atoms with Crippen LogP contribution in [-0.2, 0) is 4.74 Å². The summed E-state index contributed by atoms with van der Waals surface area (Å²) in [6.45, 7) is 4.17. The number of aromatic nitrogens is 2. The minimum atomic E-state index is -0.573. The molecule has 0 aliphatic carbocycles. The molecule has 0 atom stereocenters. The molecule has 15 heavy (non-hydrogen) atoms. The summed E-state index contributed by atoms with van der Waals surface area (Å²) in [5.41, 5.74) is 0. The first-order chi connectivity index (χ1) is 7.26. The topological polar surface area (TPSA) is 76.1 Å². The molecule has 1 amide bonds. The Morgan fingerprint density at radius 1 is 1.53 bits per heavy atom. The quantitative estimate of drug-likeness (QED) is 0.728. The predicted molar refractivity (Wildman–Crippen MR) is 56.7 cm³/mol. The molecule has 1 aromatic heterocycles. The number of carbonyl (C=O) groups excluding carboxylic acids is 1. The molecule has 0 aliphatic heterocycles. The minimum Gasteiger partial charge on any atom is -0.453 e. The van der Waals surface area contributed by atoms with Gasteiger partial charge in [-0.15, -0.1) is 16.8 Å². The standard InChI is InChI=1S/C9H12N4O2/c1-3-6-10-7-4-5-8(13-12-7)11-9(14)15-2/h3-5H,1,6H2,2H3,(H,10,12)(H,11,13,14). The molecule has 0 radical (unpaired) electrons. The number of hydrogen-bond acceptors (Lipinski definition) is 5. The highest BCUT2D eigenvalue weighted by molar-refractivity contribution is 5.83. The fraction of sp³-hybridized carbons (Fsp3) is 0.222. The molecule has 0 bridgehead atoms. The summed E-state index contributed by atoms with van der Waals surface area (Å²) in [5, 5.41) is 12.9. The summed E-state index contributed by atoms with van der Waals surface area (Å²) in [7, 11) is 1.28. The molecule has 0 fully saturated rings. The molecule has 0 spiro atoms. The van der Waals surface area contributed by atoms with Crippen LogP contribution in [-0.4, -0.2) is 29.9 Å². The number of methoxy groups -OCH3 is 1. The Balaban J connectivity index is 2.55. The van der Waals surface area contributed by atoms with Crippen LogP contribution in [0.1, 0.15) is 0 Å². The molecule has 1 rings (SSSR count). The maximum atomic E-state index is 10.8. The normalized spacial score (nSPS) is 9.13. The van der Waals surface area contributed by atoms with Gasteiger partial charge in [0.05, 0.1) is 7.11 Å². The highest BCUT2D eigenvalue weighted by Crippen LogP contribution is 2.05. The lowest BCUT2D eigenvalue weighted by Gasteiger charge is -2.03. The maximum absolute atomic E-state index is 10.8. The van der Waals surface area contributed by atoms with Gasteiger partial charge in [-0.2, -0.15) is 0 Å². The van der Waals surface area contributed by atoms with E-state index in [-0.39, 0.29) is 0 Å². The second kappa shape index (κ2) is 5.58. The van der Waals surface area contributed by atoms with E-state index in [1.807, 2.05) is 0 Å². The fourth-order valence-electron chi connectivity index (χ4n) is 0.826. The Morgan fingerprint density at radius 3 is 2.73 bits per heavy atom. The lowest BCUT2D eigenvalue weighted by Crippen LogP contribution is -2.13. The second-order valence-electron chi connectivity index (χ2n) is 2.59. The Morgan fingerprint density at radius 2 is 2.20 bits per heavy atom. The van der Waals surface area contributed by atoms with Crippen molar-refractivity contribution in [2.75, 3.05) is 24.3 Å². The van der Waals surface area contributed by atoms with Crippen LogP contribution in [0.3, 0.4) is 0 Å². The average molecular weight is 208 g/mol. The first kappa shape index (κ1) is 11.0. The smallest absolute Gasteiger partial charge is 0.412 e. The highest BCUT2D eigenvalue weighted by atomic mass is 16.5. The van der Waals surface area contributed by atoms with Crippen LogP contribution in [0.2, 0.25) is 0 Å². The van der Waals surface area contributed by atoms with Crippen molar-refractivity contribution in [3.63, 3.8) is 0 Å². The Bertz CT molecular complexity index is 336. The van der Waals surface area contributed by atoms with Crippen LogP contribution in [0.5, 0.6) is 0 Å². The zero-order valence-corrected chi connectivity index (χ0v) is 8.36. The van der Waals surface area contributed by atoms with Crippen LogP contribution in [0, 0.1) is 0 Å². The van der Waals surface area contributed by atoms with Crippen molar-refractivity contribution in [1.29, 1.82) is 0 Å². The van der Waals surface area contributed by atoms with E-state index in [0.717, 1.165) is 0 Å². The molecule has 6 nitrogen and oxygen atoms in total. The van der Waals surface area contributed by atoms with E-state index in [4.69, 9.17) is 0 Å². The van der Waals surface area contributed by atoms with Crippen molar-refractivity contribution in [2.24, 2.45) is 0 Å². The lowest BCUT2D eigenvalue weighted by atomic mass is 10.5. The van der Waals surface area contributed by atoms with E-state index in [1.165, 1.54) is 7.11 Å². The summed E-state index contributed by atoms with van der Waals surface area (Å²) < 4.78 is 4.40. The SMILES string of the molecule is C=CCNc1ccc(NC(=O)OC)nn1. The van der Waals surface area contributed by atoms with Crippen LogP contribution in [0.15, 0.2) is 24.8 Å². The van der Waals surface area contributed by atoms with E-state index in [2.05, 4.69) is 32.1 Å². The van der Waals surface area contributed by atoms with Gasteiger partial charge < -0.3 is 10.1 Å². The average Bonchev–Trinajstić information content (AvgIpc) is 2.28. The molecule has 0 aliphatic rings. The van der Waals surface area contributed by atoms with Gasteiger partial charge in [-0.3, -0.25) is 5.32 Å². The van der Waals surface area contributed by atoms with E-state index in [9.17, 15) is 4.79 Å². The van der Waals surface area contributed by atoms with Gasteiger partial charge >= 0.3 is 6.09 Å². The van der Waals surface area contributed by atoms with E-state index >= 15 is 0 Å². The number of carbonyl (C=O) groups is 1. The van der Waals surface area contributed by atoms with Crippen molar-refractivity contribution in [3.05, 3.63) is 24.8 Å². The van der Waals surface area contributed by atoms with Crippen LogP contribution in [0.25, 0.3) is 0 Å². The molecule has 0 aromatic carbocycles. The van der Waals surface area contributed by atoms with Crippen molar-refractivity contribution in [3.8, 4) is 0 Å². The van der Waals surface area contributed by atoms with Crippen molar-refractivity contribution in [2.45, 2.75) is 0 Å². The fourth-order valence-corrected chi connectivity index (χ4v) is 0.826. The number of nitrogens with zero attached hydrogens (tertiary/aromatic N) is 2. The highest BCUT2D eigenvalue weighted by Gasteiger charge is 2.01. The van der Waals surface area contributed by atoms with Gasteiger partial charge in [0.15, 0.2) is 5.82 Å². The number of rotatable bonds is 4. The van der Waals surface area contributed by atoms with Crippen molar-refractivity contribution >= 4 is 17.7 Å². The van der Waals surface area contributed by atoms with Gasteiger partial charge in [0.2, 0.25) is 0 Å². The van der Waals surface area contributed by atoms with Gasteiger partial charge in [0, 0.05) is 6.54 Å². The Labute approximate surface area is 87.3 Å². The zero-order valence-electron chi connectivity index (χ0n) is 8.36. The first-order valence-electron chi connectivity index (χ1n) is 4.29. The van der Waals surface area contributed by atoms with Gasteiger partial charge in [0.25, 0.3) is 0 Å². The maximum Gasteiger partial charge on any atom is 0.412 e. The second-order valence-corrected chi connectivity index (χ2v) is 2.59. The molecule has 0 unspecified atom stereocenters. The molecular formula is C9H12N4O2. The van der Waals surface area contributed by atoms with Crippen molar-refractivity contribution < 1.29 is 9.53 Å². The summed E-state index contributed by atoms with van der Waals surface area (Å²) in [6, 6.07) is 3.32. The summed E-state index contributed by atoms with van der Waals surface area (Å²) in [4.78, 5) is 10.8. The van der Waals surface area contributed by atoms with Gasteiger partial charge in [-0.1, -0.05) is 6.08 Å². The van der Waals surface area contributed by atoms with Gasteiger partial charge in [-0.25, -0.2) is 4.79 Å². The third kappa shape index (κ3) is 3.63. The van der Waals surface area contributed by atoms with E-state index < -0.39 is 6.09 Å². The molecule has 2 N–H and O–H groups in total. The molecular weight excluding hydrogens is 196 g/mol. The number of anilines is 2. The Kier molecular flexibility index (Phi) is 4.08. The lowest BCUT2D eigenvalue weighted by molar-refractivity contribution is 0.187. The number of hydrogen-bond donors (Lipinski definition) is 2. The zero-order chi connectivity index (χ0) is 11.1. The van der Waals surface area contributed by atoms with E-state index in [0.29, 0.717) is 18.2 Å². The van der Waals surface area contributed by atoms with Crippen LogP contribution < -0.4 is 10.6 Å². The van der Waals surface area contributed by atoms with Gasteiger partial charge in [0.1, 0.15) is 5.82 Å². The largest absolute Gasteiger partial charge is 0.453 e. The van der Waals surface area contributed by atoms with Gasteiger partial charge in [-0.05, 0) is 12.1 Å². The summed E-state index contributed by atoms with van der Waals surface area (Å²) in [6.07, 6.45) is 1.14. The molecule has 0 saturated carbocycles. The molecule has 6 heteroatoms. The molecule has 80 valence electrons. The van der Waals surface area contributed by atoms with E-state index in [1.54, 1.807) is 18.2 Å². The minimum absolute atomic E-state index is 0.339. The predicted octanol–water partition coefficient (Wildman–Crippen LogP) is 1.25. The number of amides is 1. The first-order valence-corrected chi connectivity index (χ1v) is 4.29. The summed E-state index contributed by atoms with van der Waals surface area (Å²) >= 11 is 0. The van der Waals surface area contributed by atoms with Crippen molar-refractivity contribution in [1.82, 2.24) is 10.2 Å². The number of ether oxygens (including phenoxy) is 1. The van der Waals surface area contributed by atoms with Crippen LogP contribution >= 0.6 is 0 Å². The monoisotopic (exact) mass is 208 g/mol. The molecule has 0 saturated heterocycles. The molecule has 1 aromatic rings. The number of nitrogens with one attached hydrogen (secondary N) is 2. The summed E-state index contributed by atoms with van der Waals surface area (Å²) in [5.74, 6) is 0.955. The molecule has 1 heterocycles. The van der Waals surface area contributed by atoms with Crippen LogP contribution in [0.4, 0.5) is 16.4 Å². The third-order valence-corrected chi connectivity index (χ3v) is 1.51. The Hall–Kier alpha value is -2.11.